The van der Waals surface area contributed by atoms with Gasteiger partial charge in [-0.05, 0) is 13.3 Å². The van der Waals surface area contributed by atoms with Crippen molar-refractivity contribution in [2.75, 3.05) is 33.4 Å². The van der Waals surface area contributed by atoms with E-state index in [0.29, 0.717) is 39.4 Å². The molecule has 0 spiro atoms. The van der Waals surface area contributed by atoms with E-state index in [1.54, 1.807) is 18.3 Å². The number of carbonyl (C=O) groups is 1. The molecule has 21 heavy (non-hydrogen) atoms. The van der Waals surface area contributed by atoms with Crippen LogP contribution in [0.5, 0.6) is 0 Å². The molecule has 0 bridgehead atoms. The van der Waals surface area contributed by atoms with E-state index in [1.165, 1.54) is 0 Å². The minimum Gasteiger partial charge on any atom is -0.383 e. The lowest BCUT2D eigenvalue weighted by Crippen LogP contribution is -2.42. The quantitative estimate of drug-likeness (QED) is 0.842. The van der Waals surface area contributed by atoms with Crippen LogP contribution in [0.1, 0.15) is 19.2 Å². The highest BCUT2D eigenvalue weighted by atomic mass is 16.5. The normalized spacial score (nSPS) is 19.3. The largest absolute Gasteiger partial charge is 0.383 e. The van der Waals surface area contributed by atoms with Gasteiger partial charge in [-0.3, -0.25) is 0 Å². The van der Waals surface area contributed by atoms with Gasteiger partial charge in [-0.1, -0.05) is 0 Å². The summed E-state index contributed by atoms with van der Waals surface area (Å²) in [6.07, 6.45) is 2.58. The summed E-state index contributed by atoms with van der Waals surface area (Å²) in [5.41, 5.74) is 0. The molecular weight excluding hydrogens is 274 g/mol. The van der Waals surface area contributed by atoms with Crippen LogP contribution < -0.4 is 5.32 Å². The van der Waals surface area contributed by atoms with Gasteiger partial charge in [0.05, 0.1) is 19.3 Å². The molecule has 1 atom stereocenters. The molecule has 1 N–H and O–H groups in total. The molecule has 8 nitrogen and oxygen atoms in total. The van der Waals surface area contributed by atoms with Gasteiger partial charge in [0.1, 0.15) is 6.33 Å². The number of methoxy groups -OCH3 is 1. The molecule has 1 aromatic heterocycles. The Balaban J connectivity index is 1.84. The average molecular weight is 297 g/mol. The monoisotopic (exact) mass is 297 g/mol. The molecule has 2 rings (SSSR count). The van der Waals surface area contributed by atoms with Crippen LogP contribution in [0, 0.1) is 0 Å². The summed E-state index contributed by atoms with van der Waals surface area (Å²) in [7, 11) is 1.65. The number of nitrogens with one attached hydrogen (secondary N) is 1. The zero-order valence-corrected chi connectivity index (χ0v) is 12.6. The first-order valence-corrected chi connectivity index (χ1v) is 7.20. The molecule has 0 aromatic carbocycles. The van der Waals surface area contributed by atoms with Gasteiger partial charge in [-0.15, -0.1) is 10.2 Å². The number of amides is 2. The topological polar surface area (TPSA) is 81.5 Å². The highest BCUT2D eigenvalue weighted by Crippen LogP contribution is 2.05. The first kappa shape index (κ1) is 15.7. The summed E-state index contributed by atoms with van der Waals surface area (Å²) in [6, 6.07) is -0.0892. The number of hydrogen-bond donors (Lipinski definition) is 1. The Kier molecular flexibility index (Phi) is 5.94. The molecule has 1 saturated heterocycles. The highest BCUT2D eigenvalue weighted by molar-refractivity contribution is 5.74. The molecule has 0 saturated carbocycles. The average Bonchev–Trinajstić information content (AvgIpc) is 2.81. The minimum atomic E-state index is -0.0892. The molecule has 1 fully saturated rings. The van der Waals surface area contributed by atoms with Gasteiger partial charge < -0.3 is 24.3 Å². The van der Waals surface area contributed by atoms with Crippen molar-refractivity contribution in [3.8, 4) is 0 Å². The SMILES string of the molecule is COCCn1cnnc1CNC(=O)N1CCCOC(C)C1. The number of hydrogen-bond acceptors (Lipinski definition) is 5. The van der Waals surface area contributed by atoms with E-state index in [2.05, 4.69) is 15.5 Å². The maximum Gasteiger partial charge on any atom is 0.317 e. The van der Waals surface area contributed by atoms with E-state index in [9.17, 15) is 4.79 Å². The first-order valence-electron chi connectivity index (χ1n) is 7.20. The summed E-state index contributed by atoms with van der Waals surface area (Å²) in [5, 5.41) is 10.8. The fourth-order valence-corrected chi connectivity index (χ4v) is 2.24. The lowest BCUT2D eigenvalue weighted by molar-refractivity contribution is 0.0710. The van der Waals surface area contributed by atoms with Crippen molar-refractivity contribution in [3.63, 3.8) is 0 Å². The molecule has 8 heteroatoms. The van der Waals surface area contributed by atoms with Crippen LogP contribution in [0.3, 0.4) is 0 Å². The van der Waals surface area contributed by atoms with Gasteiger partial charge in [-0.2, -0.15) is 0 Å². The van der Waals surface area contributed by atoms with Crippen LogP contribution in [0.15, 0.2) is 6.33 Å². The Hall–Kier alpha value is -1.67. The molecule has 118 valence electrons. The van der Waals surface area contributed by atoms with Gasteiger partial charge in [0.15, 0.2) is 5.82 Å². The first-order chi connectivity index (χ1) is 10.2. The molecular formula is C13H23N5O3. The van der Waals surface area contributed by atoms with Crippen molar-refractivity contribution in [1.82, 2.24) is 25.0 Å². The van der Waals surface area contributed by atoms with Crippen LogP contribution in [0.25, 0.3) is 0 Å². The Morgan fingerprint density at radius 3 is 3.29 bits per heavy atom. The molecule has 0 radical (unpaired) electrons. The highest BCUT2D eigenvalue weighted by Gasteiger charge is 2.19. The molecule has 1 aromatic rings. The van der Waals surface area contributed by atoms with Crippen molar-refractivity contribution >= 4 is 6.03 Å². The molecule has 0 aliphatic carbocycles. The summed E-state index contributed by atoms with van der Waals surface area (Å²) >= 11 is 0. The molecule has 1 aliphatic rings. The Morgan fingerprint density at radius 2 is 2.48 bits per heavy atom. The summed E-state index contributed by atoms with van der Waals surface area (Å²) in [4.78, 5) is 14.0. The fraction of sp³-hybridized carbons (Fsp3) is 0.769. The van der Waals surface area contributed by atoms with Crippen molar-refractivity contribution in [1.29, 1.82) is 0 Å². The minimum absolute atomic E-state index is 0.0728. The number of nitrogens with zero attached hydrogens (tertiary/aromatic N) is 4. The van der Waals surface area contributed by atoms with Crippen LogP contribution in [-0.2, 0) is 22.6 Å². The van der Waals surface area contributed by atoms with Gasteiger partial charge >= 0.3 is 6.03 Å². The zero-order valence-electron chi connectivity index (χ0n) is 12.6. The number of urea groups is 1. The van der Waals surface area contributed by atoms with Crippen molar-refractivity contribution in [2.24, 2.45) is 0 Å². The number of aromatic nitrogens is 3. The third kappa shape index (κ3) is 4.68. The molecule has 1 unspecified atom stereocenters. The fourth-order valence-electron chi connectivity index (χ4n) is 2.24. The second-order valence-corrected chi connectivity index (χ2v) is 5.07. The van der Waals surface area contributed by atoms with E-state index >= 15 is 0 Å². The van der Waals surface area contributed by atoms with Crippen LogP contribution in [-0.4, -0.2) is 65.2 Å². The molecule has 2 heterocycles. The van der Waals surface area contributed by atoms with E-state index < -0.39 is 0 Å². The number of ether oxygens (including phenoxy) is 2. The second kappa shape index (κ2) is 7.94. The van der Waals surface area contributed by atoms with E-state index in [4.69, 9.17) is 9.47 Å². The Bertz CT molecular complexity index is 451. The van der Waals surface area contributed by atoms with Gasteiger partial charge in [0.2, 0.25) is 0 Å². The van der Waals surface area contributed by atoms with Crippen molar-refractivity contribution in [3.05, 3.63) is 12.2 Å². The van der Waals surface area contributed by atoms with Crippen LogP contribution >= 0.6 is 0 Å². The third-order valence-corrected chi connectivity index (χ3v) is 3.37. The van der Waals surface area contributed by atoms with E-state index in [-0.39, 0.29) is 12.1 Å². The zero-order chi connectivity index (χ0) is 15.1. The number of rotatable bonds is 5. The summed E-state index contributed by atoms with van der Waals surface area (Å²) < 4.78 is 12.4. The van der Waals surface area contributed by atoms with E-state index in [0.717, 1.165) is 12.2 Å². The lowest BCUT2D eigenvalue weighted by atomic mass is 10.3. The predicted molar refractivity (Wildman–Crippen MR) is 75.7 cm³/mol. The Labute approximate surface area is 124 Å². The standard InChI is InChI=1S/C13H23N5O3/c1-11-9-17(4-3-6-21-11)13(19)14-8-12-16-15-10-18(12)5-7-20-2/h10-11H,3-9H2,1-2H3,(H,14,19). The van der Waals surface area contributed by atoms with Crippen molar-refractivity contribution < 1.29 is 14.3 Å². The molecule has 2 amide bonds. The predicted octanol–water partition coefficient (Wildman–Crippen LogP) is 0.245. The Morgan fingerprint density at radius 1 is 1.62 bits per heavy atom. The van der Waals surface area contributed by atoms with Gasteiger partial charge in [0.25, 0.3) is 0 Å². The molecule has 1 aliphatic heterocycles. The van der Waals surface area contributed by atoms with Crippen LogP contribution in [0.2, 0.25) is 0 Å². The lowest BCUT2D eigenvalue weighted by Gasteiger charge is -2.22. The summed E-state index contributed by atoms with van der Waals surface area (Å²) in [6.45, 7) is 5.62. The van der Waals surface area contributed by atoms with Gasteiger partial charge in [-0.25, -0.2) is 4.79 Å². The summed E-state index contributed by atoms with van der Waals surface area (Å²) in [5.74, 6) is 0.722. The second-order valence-electron chi connectivity index (χ2n) is 5.07. The number of carbonyl (C=O) groups excluding carboxylic acids is 1. The van der Waals surface area contributed by atoms with E-state index in [1.807, 2.05) is 11.5 Å². The smallest absolute Gasteiger partial charge is 0.317 e. The van der Waals surface area contributed by atoms with Gasteiger partial charge in [0, 0.05) is 33.4 Å². The third-order valence-electron chi connectivity index (χ3n) is 3.37. The maximum absolute atomic E-state index is 12.2. The maximum atomic E-state index is 12.2. The van der Waals surface area contributed by atoms with Crippen molar-refractivity contribution in [2.45, 2.75) is 32.5 Å². The van der Waals surface area contributed by atoms with Crippen LogP contribution in [0.4, 0.5) is 4.79 Å².